The summed E-state index contributed by atoms with van der Waals surface area (Å²) in [5.74, 6) is 1.85. The number of hydrogen-bond acceptors (Lipinski definition) is 2. The van der Waals surface area contributed by atoms with Gasteiger partial charge in [-0.1, -0.05) is 35.9 Å². The fraction of sp³-hybridized carbons (Fsp3) is 0.294. The number of fused-ring (bicyclic) bond motifs is 1. The normalized spacial score (nSPS) is 18.5. The summed E-state index contributed by atoms with van der Waals surface area (Å²) in [5, 5.41) is 0.451. The lowest BCUT2D eigenvalue weighted by molar-refractivity contribution is 0.265. The molecule has 0 bridgehead atoms. The van der Waals surface area contributed by atoms with Crippen LogP contribution < -0.4 is 9.47 Å². The molecule has 0 N–H and O–H groups in total. The van der Waals surface area contributed by atoms with E-state index in [0.717, 1.165) is 29.0 Å². The summed E-state index contributed by atoms with van der Waals surface area (Å²) in [7, 11) is 1.62. The Kier molecular flexibility index (Phi) is 4.27. The summed E-state index contributed by atoms with van der Waals surface area (Å²) >= 11 is 13.1. The highest BCUT2D eigenvalue weighted by atomic mass is 35.5. The first kappa shape index (κ1) is 14.6. The third-order valence-corrected chi connectivity index (χ3v) is 4.73. The first-order chi connectivity index (χ1) is 10.2. The number of methoxy groups -OCH3 is 1. The van der Waals surface area contributed by atoms with Gasteiger partial charge in [0.1, 0.15) is 11.5 Å². The lowest BCUT2D eigenvalue weighted by atomic mass is 9.87. The summed E-state index contributed by atoms with van der Waals surface area (Å²) in [6.45, 7) is 0.679. The number of alkyl halides is 1. The molecule has 4 heteroatoms. The van der Waals surface area contributed by atoms with Gasteiger partial charge in [-0.3, -0.25) is 0 Å². The molecule has 0 fully saturated rings. The molecule has 1 heterocycles. The van der Waals surface area contributed by atoms with Crippen molar-refractivity contribution in [1.82, 2.24) is 0 Å². The Morgan fingerprint density at radius 3 is 2.81 bits per heavy atom. The first-order valence-electron chi connectivity index (χ1n) is 6.90. The van der Waals surface area contributed by atoms with Crippen molar-refractivity contribution in [2.45, 2.75) is 17.7 Å². The second-order valence-electron chi connectivity index (χ2n) is 5.07. The molecule has 0 aromatic heterocycles. The maximum atomic E-state index is 6.73. The highest BCUT2D eigenvalue weighted by Gasteiger charge is 2.29. The largest absolute Gasteiger partial charge is 0.497 e. The van der Waals surface area contributed by atoms with Gasteiger partial charge in [-0.25, -0.2) is 0 Å². The minimum absolute atomic E-state index is 0.187. The molecule has 2 aromatic rings. The van der Waals surface area contributed by atoms with Gasteiger partial charge in [0, 0.05) is 10.9 Å². The van der Waals surface area contributed by atoms with Crippen molar-refractivity contribution < 1.29 is 9.47 Å². The molecule has 1 aliphatic heterocycles. The number of hydrogen-bond donors (Lipinski definition) is 0. The molecule has 3 rings (SSSR count). The monoisotopic (exact) mass is 322 g/mol. The second kappa shape index (κ2) is 6.17. The van der Waals surface area contributed by atoms with Crippen LogP contribution in [0.2, 0.25) is 5.02 Å². The van der Waals surface area contributed by atoms with Crippen LogP contribution in [-0.4, -0.2) is 13.7 Å². The van der Waals surface area contributed by atoms with E-state index in [1.165, 1.54) is 0 Å². The zero-order valence-electron chi connectivity index (χ0n) is 11.7. The van der Waals surface area contributed by atoms with E-state index >= 15 is 0 Å². The van der Waals surface area contributed by atoms with E-state index in [-0.39, 0.29) is 11.3 Å². The summed E-state index contributed by atoms with van der Waals surface area (Å²) in [6.07, 6.45) is 0.882. The zero-order valence-corrected chi connectivity index (χ0v) is 13.2. The van der Waals surface area contributed by atoms with E-state index in [0.29, 0.717) is 11.6 Å². The third-order valence-electron chi connectivity index (χ3n) is 3.86. The predicted octanol–water partition coefficient (Wildman–Crippen LogP) is 5.19. The lowest BCUT2D eigenvalue weighted by Gasteiger charge is -2.29. The predicted molar refractivity (Wildman–Crippen MR) is 85.9 cm³/mol. The number of halogens is 2. The molecule has 0 saturated heterocycles. The van der Waals surface area contributed by atoms with Crippen LogP contribution in [0.5, 0.6) is 11.5 Å². The minimum Gasteiger partial charge on any atom is -0.497 e. The molecule has 1 aliphatic rings. The maximum absolute atomic E-state index is 6.73. The van der Waals surface area contributed by atoms with Gasteiger partial charge in [0.25, 0.3) is 0 Å². The maximum Gasteiger partial charge on any atom is 0.122 e. The molecular formula is C17H16Cl2O2. The van der Waals surface area contributed by atoms with Crippen molar-refractivity contribution in [1.29, 1.82) is 0 Å². The highest BCUT2D eigenvalue weighted by molar-refractivity contribution is 6.33. The van der Waals surface area contributed by atoms with Crippen LogP contribution in [0.1, 0.15) is 28.8 Å². The summed E-state index contributed by atoms with van der Waals surface area (Å²) in [4.78, 5) is 0. The average molecular weight is 323 g/mol. The van der Waals surface area contributed by atoms with Crippen molar-refractivity contribution in [2.75, 3.05) is 13.7 Å². The van der Waals surface area contributed by atoms with Crippen molar-refractivity contribution in [2.24, 2.45) is 0 Å². The summed E-state index contributed by atoms with van der Waals surface area (Å²) in [6, 6.07) is 13.7. The molecule has 2 atom stereocenters. The van der Waals surface area contributed by atoms with Crippen LogP contribution in [0.15, 0.2) is 42.5 Å². The van der Waals surface area contributed by atoms with Crippen molar-refractivity contribution in [3.05, 3.63) is 58.6 Å². The first-order valence-corrected chi connectivity index (χ1v) is 7.71. The molecule has 2 unspecified atom stereocenters. The van der Waals surface area contributed by atoms with E-state index in [1.807, 2.05) is 30.3 Å². The van der Waals surface area contributed by atoms with Gasteiger partial charge in [0.15, 0.2) is 0 Å². The molecule has 2 nitrogen and oxygen atoms in total. The van der Waals surface area contributed by atoms with E-state index in [4.69, 9.17) is 32.7 Å². The fourth-order valence-corrected chi connectivity index (χ4v) is 3.54. The Morgan fingerprint density at radius 2 is 2.05 bits per heavy atom. The molecule has 21 heavy (non-hydrogen) atoms. The van der Waals surface area contributed by atoms with Gasteiger partial charge >= 0.3 is 0 Å². The van der Waals surface area contributed by atoms with Crippen LogP contribution >= 0.6 is 23.2 Å². The fourth-order valence-electron chi connectivity index (χ4n) is 2.75. The van der Waals surface area contributed by atoms with E-state index in [1.54, 1.807) is 13.2 Å². The van der Waals surface area contributed by atoms with Gasteiger partial charge in [0.2, 0.25) is 0 Å². The molecule has 0 spiro atoms. The summed E-state index contributed by atoms with van der Waals surface area (Å²) < 4.78 is 10.9. The lowest BCUT2D eigenvalue weighted by Crippen LogP contribution is -2.17. The average Bonchev–Trinajstić information content (AvgIpc) is 2.53. The highest BCUT2D eigenvalue weighted by Crippen LogP contribution is 2.46. The SMILES string of the molecule is COc1ccc(C(Cl)C2CCOc3ccccc32)c(Cl)c1. The standard InChI is InChI=1S/C17H16Cl2O2/c1-20-11-6-7-14(15(18)10-11)17(19)13-8-9-21-16-5-3-2-4-12(13)16/h2-7,10,13,17H,8-9H2,1H3. The minimum atomic E-state index is -0.187. The zero-order chi connectivity index (χ0) is 14.8. The number of para-hydroxylation sites is 1. The van der Waals surface area contributed by atoms with E-state index in [2.05, 4.69) is 6.07 Å². The second-order valence-corrected chi connectivity index (χ2v) is 5.95. The Labute approximate surface area is 134 Å². The molecule has 0 aliphatic carbocycles. The van der Waals surface area contributed by atoms with Crippen molar-refractivity contribution >= 4 is 23.2 Å². The summed E-state index contributed by atoms with van der Waals surface area (Å²) in [5.41, 5.74) is 2.08. The van der Waals surface area contributed by atoms with Gasteiger partial charge in [0.05, 0.1) is 19.1 Å². The number of benzene rings is 2. The molecule has 0 saturated carbocycles. The van der Waals surface area contributed by atoms with E-state index < -0.39 is 0 Å². The van der Waals surface area contributed by atoms with Crippen LogP contribution in [0, 0.1) is 0 Å². The Balaban J connectivity index is 1.94. The van der Waals surface area contributed by atoms with E-state index in [9.17, 15) is 0 Å². The Hall–Kier alpha value is -1.38. The topological polar surface area (TPSA) is 18.5 Å². The van der Waals surface area contributed by atoms with Gasteiger partial charge in [-0.2, -0.15) is 0 Å². The van der Waals surface area contributed by atoms with Gasteiger partial charge in [-0.15, -0.1) is 11.6 Å². The van der Waals surface area contributed by atoms with Gasteiger partial charge < -0.3 is 9.47 Å². The van der Waals surface area contributed by atoms with Crippen molar-refractivity contribution in [3.8, 4) is 11.5 Å². The number of ether oxygens (including phenoxy) is 2. The third kappa shape index (κ3) is 2.83. The number of rotatable bonds is 3. The Bertz CT molecular complexity index is 642. The molecular weight excluding hydrogens is 307 g/mol. The molecule has 0 amide bonds. The smallest absolute Gasteiger partial charge is 0.122 e. The Morgan fingerprint density at radius 1 is 1.24 bits per heavy atom. The quantitative estimate of drug-likeness (QED) is 0.723. The van der Waals surface area contributed by atoms with Crippen LogP contribution in [0.3, 0.4) is 0 Å². The molecule has 0 radical (unpaired) electrons. The van der Waals surface area contributed by atoms with Gasteiger partial charge in [-0.05, 0) is 35.7 Å². The van der Waals surface area contributed by atoms with Crippen LogP contribution in [-0.2, 0) is 0 Å². The molecule has 2 aromatic carbocycles. The molecule has 110 valence electrons. The van der Waals surface area contributed by atoms with Crippen LogP contribution in [0.25, 0.3) is 0 Å². The van der Waals surface area contributed by atoms with Crippen molar-refractivity contribution in [3.63, 3.8) is 0 Å². The van der Waals surface area contributed by atoms with Crippen LogP contribution in [0.4, 0.5) is 0 Å².